The first-order valence-electron chi connectivity index (χ1n) is 8.73. The molecule has 2 rings (SSSR count). The first-order chi connectivity index (χ1) is 14.1. The molecule has 1 amide bonds. The van der Waals surface area contributed by atoms with Crippen LogP contribution in [-0.2, 0) is 42.9 Å². The Labute approximate surface area is 170 Å². The molecule has 0 aromatic carbocycles. The minimum absolute atomic E-state index is 0.0964. The molecule has 30 heavy (non-hydrogen) atoms. The number of hydrogen-bond donors (Lipinski definition) is 1. The van der Waals surface area contributed by atoms with Crippen LogP contribution in [0.1, 0.15) is 31.3 Å². The van der Waals surface area contributed by atoms with E-state index in [0.717, 1.165) is 27.9 Å². The SMILES string of the molecule is COC(=O)[C@H]1O[C@@H](NC(=O)c2ccco2)[C@H](OC(C)=O)[C@@H](OC(C)=O)[C@@H]1OC(C)=O. The number of esters is 4. The third-order valence-electron chi connectivity index (χ3n) is 3.90. The summed E-state index contributed by atoms with van der Waals surface area (Å²) in [7, 11) is 1.06. The van der Waals surface area contributed by atoms with Gasteiger partial charge in [0.05, 0.1) is 13.4 Å². The molecule has 0 spiro atoms. The van der Waals surface area contributed by atoms with Gasteiger partial charge in [-0.3, -0.25) is 19.2 Å². The van der Waals surface area contributed by atoms with Crippen molar-refractivity contribution in [1.82, 2.24) is 5.32 Å². The summed E-state index contributed by atoms with van der Waals surface area (Å²) in [6.07, 6.45) is -6.29. The molecule has 0 aliphatic carbocycles. The fourth-order valence-corrected chi connectivity index (χ4v) is 2.84. The maximum atomic E-state index is 12.4. The van der Waals surface area contributed by atoms with Crippen molar-refractivity contribution < 1.29 is 52.1 Å². The summed E-state index contributed by atoms with van der Waals surface area (Å²) < 4.78 is 30.7. The third kappa shape index (κ3) is 5.56. The van der Waals surface area contributed by atoms with Crippen LogP contribution in [0.4, 0.5) is 0 Å². The van der Waals surface area contributed by atoms with Gasteiger partial charge in [0.25, 0.3) is 5.91 Å². The van der Waals surface area contributed by atoms with Gasteiger partial charge in [0.15, 0.2) is 36.4 Å². The summed E-state index contributed by atoms with van der Waals surface area (Å²) in [6.45, 7) is 3.20. The van der Waals surface area contributed by atoms with Crippen molar-refractivity contribution in [2.45, 2.75) is 51.4 Å². The van der Waals surface area contributed by atoms with Gasteiger partial charge in [-0.05, 0) is 12.1 Å². The normalized spacial score (nSPS) is 25.5. The second-order valence-corrected chi connectivity index (χ2v) is 6.17. The van der Waals surface area contributed by atoms with E-state index in [9.17, 15) is 24.0 Å². The average molecular weight is 427 g/mol. The van der Waals surface area contributed by atoms with E-state index in [1.54, 1.807) is 0 Å². The first-order valence-corrected chi connectivity index (χ1v) is 8.73. The first kappa shape index (κ1) is 22.9. The van der Waals surface area contributed by atoms with Crippen LogP contribution < -0.4 is 5.32 Å². The van der Waals surface area contributed by atoms with Gasteiger partial charge in [0, 0.05) is 20.8 Å². The van der Waals surface area contributed by atoms with E-state index >= 15 is 0 Å². The lowest BCUT2D eigenvalue weighted by molar-refractivity contribution is -0.251. The zero-order valence-electron chi connectivity index (χ0n) is 16.6. The number of furan rings is 1. The monoisotopic (exact) mass is 427 g/mol. The maximum absolute atomic E-state index is 12.4. The summed E-state index contributed by atoms with van der Waals surface area (Å²) in [4.78, 5) is 59.6. The highest BCUT2D eigenvalue weighted by atomic mass is 16.7. The maximum Gasteiger partial charge on any atom is 0.339 e. The van der Waals surface area contributed by atoms with Crippen LogP contribution in [-0.4, -0.2) is 67.5 Å². The van der Waals surface area contributed by atoms with Crippen LogP contribution >= 0.6 is 0 Å². The molecule has 2 heterocycles. The van der Waals surface area contributed by atoms with Gasteiger partial charge in [-0.15, -0.1) is 0 Å². The highest BCUT2D eigenvalue weighted by Crippen LogP contribution is 2.29. The molecule has 12 nitrogen and oxygen atoms in total. The number of ether oxygens (including phenoxy) is 5. The predicted molar refractivity (Wildman–Crippen MR) is 93.5 cm³/mol. The molecule has 0 bridgehead atoms. The molecular weight excluding hydrogens is 406 g/mol. The molecule has 1 aromatic heterocycles. The molecule has 1 aliphatic rings. The molecule has 0 unspecified atom stereocenters. The number of carbonyl (C=O) groups is 5. The molecule has 1 N–H and O–H groups in total. The lowest BCUT2D eigenvalue weighted by Crippen LogP contribution is -2.67. The molecule has 1 aliphatic heterocycles. The molecule has 5 atom stereocenters. The second-order valence-electron chi connectivity index (χ2n) is 6.17. The van der Waals surface area contributed by atoms with Crippen molar-refractivity contribution in [3.8, 4) is 0 Å². The van der Waals surface area contributed by atoms with E-state index in [0.29, 0.717) is 0 Å². The van der Waals surface area contributed by atoms with Gasteiger partial charge in [0.1, 0.15) is 0 Å². The van der Waals surface area contributed by atoms with Crippen LogP contribution in [0.5, 0.6) is 0 Å². The van der Waals surface area contributed by atoms with Crippen molar-refractivity contribution in [2.24, 2.45) is 0 Å². The van der Waals surface area contributed by atoms with E-state index in [4.69, 9.17) is 23.4 Å². The molecule has 0 saturated carbocycles. The lowest BCUT2D eigenvalue weighted by Gasteiger charge is -2.43. The van der Waals surface area contributed by atoms with Crippen molar-refractivity contribution in [1.29, 1.82) is 0 Å². The van der Waals surface area contributed by atoms with E-state index < -0.39 is 60.4 Å². The summed E-state index contributed by atoms with van der Waals surface area (Å²) in [5.41, 5.74) is 0. The zero-order chi connectivity index (χ0) is 22.4. The Morgan fingerprint density at radius 2 is 1.47 bits per heavy atom. The van der Waals surface area contributed by atoms with E-state index in [2.05, 4.69) is 10.1 Å². The van der Waals surface area contributed by atoms with Gasteiger partial charge < -0.3 is 33.4 Å². The van der Waals surface area contributed by atoms with Crippen LogP contribution in [0, 0.1) is 0 Å². The molecule has 12 heteroatoms. The number of methoxy groups -OCH3 is 1. The predicted octanol–water partition coefficient (Wildman–Crippen LogP) is -0.298. The second kappa shape index (κ2) is 9.87. The Morgan fingerprint density at radius 1 is 0.900 bits per heavy atom. The molecule has 164 valence electrons. The summed E-state index contributed by atoms with van der Waals surface area (Å²) in [6, 6.07) is 2.83. The van der Waals surface area contributed by atoms with Crippen molar-refractivity contribution >= 4 is 29.8 Å². The van der Waals surface area contributed by atoms with Crippen molar-refractivity contribution in [3.05, 3.63) is 24.2 Å². The molecule has 0 radical (unpaired) electrons. The Hall–Kier alpha value is -3.41. The topological polar surface area (TPSA) is 157 Å². The number of rotatable bonds is 6. The third-order valence-corrected chi connectivity index (χ3v) is 3.90. The Balaban J connectivity index is 2.45. The molecule has 1 saturated heterocycles. The Kier molecular flexibility index (Phi) is 7.53. The molecular formula is C18H21NO11. The van der Waals surface area contributed by atoms with Gasteiger partial charge >= 0.3 is 23.9 Å². The van der Waals surface area contributed by atoms with Crippen molar-refractivity contribution in [2.75, 3.05) is 7.11 Å². The largest absolute Gasteiger partial charge is 0.467 e. The highest BCUT2D eigenvalue weighted by molar-refractivity contribution is 5.91. The molecule has 1 aromatic rings. The van der Waals surface area contributed by atoms with Gasteiger partial charge in [-0.2, -0.15) is 0 Å². The minimum Gasteiger partial charge on any atom is -0.467 e. The average Bonchev–Trinajstić information content (AvgIpc) is 3.19. The summed E-state index contributed by atoms with van der Waals surface area (Å²) in [5.74, 6) is -4.29. The van der Waals surface area contributed by atoms with Crippen molar-refractivity contribution in [3.63, 3.8) is 0 Å². The van der Waals surface area contributed by atoms with Crippen LogP contribution in [0.15, 0.2) is 22.8 Å². The van der Waals surface area contributed by atoms with Crippen LogP contribution in [0.3, 0.4) is 0 Å². The summed E-state index contributed by atoms with van der Waals surface area (Å²) >= 11 is 0. The Morgan fingerprint density at radius 3 is 1.97 bits per heavy atom. The van der Waals surface area contributed by atoms with Gasteiger partial charge in [-0.25, -0.2) is 4.79 Å². The number of hydrogen-bond acceptors (Lipinski definition) is 11. The standard InChI is InChI=1S/C18H21NO11/c1-8(20)27-12-13(28-9(2)21)15(18(24)25-4)30-17(14(12)29-10(3)22)19-16(23)11-6-5-7-26-11/h5-7,12-15,17H,1-4H3,(H,19,23)/t12-,13-,14+,15-,17+/m0/s1. The van der Waals surface area contributed by atoms with E-state index in [1.807, 2.05) is 0 Å². The van der Waals surface area contributed by atoms with E-state index in [1.165, 1.54) is 18.4 Å². The fraction of sp³-hybridized carbons (Fsp3) is 0.500. The van der Waals surface area contributed by atoms with E-state index in [-0.39, 0.29) is 5.76 Å². The van der Waals surface area contributed by atoms with Crippen LogP contribution in [0.2, 0.25) is 0 Å². The minimum atomic E-state index is -1.60. The molecule has 1 fully saturated rings. The van der Waals surface area contributed by atoms with Gasteiger partial charge in [0.2, 0.25) is 0 Å². The number of amides is 1. The number of nitrogens with one attached hydrogen (secondary N) is 1. The van der Waals surface area contributed by atoms with Gasteiger partial charge in [-0.1, -0.05) is 0 Å². The zero-order valence-corrected chi connectivity index (χ0v) is 16.6. The quantitative estimate of drug-likeness (QED) is 0.469. The smallest absolute Gasteiger partial charge is 0.339 e. The highest BCUT2D eigenvalue weighted by Gasteiger charge is 2.55. The Bertz CT molecular complexity index is 803. The van der Waals surface area contributed by atoms with Crippen LogP contribution in [0.25, 0.3) is 0 Å². The fourth-order valence-electron chi connectivity index (χ4n) is 2.84. The summed E-state index contributed by atoms with van der Waals surface area (Å²) in [5, 5.41) is 2.39. The lowest BCUT2D eigenvalue weighted by atomic mass is 9.96. The number of carbonyl (C=O) groups excluding carboxylic acids is 5.